The molecule has 0 radical (unpaired) electrons. The maximum Gasteiger partial charge on any atom is 0.240 e. The lowest BCUT2D eigenvalue weighted by Crippen LogP contribution is -2.47. The Hall–Kier alpha value is -1.85. The Bertz CT molecular complexity index is 765. The number of amides is 1. The van der Waals surface area contributed by atoms with Gasteiger partial charge in [0.15, 0.2) is 0 Å². The first-order valence-electron chi connectivity index (χ1n) is 8.98. The number of thiocarbonyl (C=S) groups is 1. The highest BCUT2D eigenvalue weighted by atomic mass is 32.1. The largest absolute Gasteiger partial charge is 0.341 e. The van der Waals surface area contributed by atoms with Gasteiger partial charge in [-0.15, -0.1) is 0 Å². The lowest BCUT2D eigenvalue weighted by molar-refractivity contribution is -0.135. The van der Waals surface area contributed by atoms with E-state index in [1.54, 1.807) is 0 Å². The minimum absolute atomic E-state index is 0.0411. The van der Waals surface area contributed by atoms with Crippen molar-refractivity contribution in [3.8, 4) is 0 Å². The van der Waals surface area contributed by atoms with Crippen LogP contribution in [-0.4, -0.2) is 47.1 Å². The summed E-state index contributed by atoms with van der Waals surface area (Å²) in [6, 6.07) is 7.75. The number of nitrogens with one attached hydrogen (secondary N) is 1. The number of benzene rings is 1. The average Bonchev–Trinajstić information content (AvgIpc) is 3.32. The maximum atomic E-state index is 13.0. The molecule has 1 aromatic carbocycles. The third-order valence-electron chi connectivity index (χ3n) is 5.44. The molecule has 2 aliphatic heterocycles. The second-order valence-electron chi connectivity index (χ2n) is 7.16. The number of carbonyl (C=O) groups is 2. The molecule has 0 bridgehead atoms. The molecule has 1 amide bonds. The van der Waals surface area contributed by atoms with Gasteiger partial charge in [0.25, 0.3) is 0 Å². The lowest BCUT2D eigenvalue weighted by atomic mass is 9.90. The van der Waals surface area contributed by atoms with Crippen molar-refractivity contribution in [2.24, 2.45) is 5.92 Å². The molecule has 0 saturated carbocycles. The Kier molecular flexibility index (Phi) is 4.52. The number of fused-ring (bicyclic) bond motifs is 1. The fourth-order valence-electron chi connectivity index (χ4n) is 4.15. The molecule has 3 aliphatic rings. The fourth-order valence-corrected chi connectivity index (χ4v) is 4.50. The van der Waals surface area contributed by atoms with E-state index in [2.05, 4.69) is 23.5 Å². The van der Waals surface area contributed by atoms with Gasteiger partial charge in [0.05, 0.1) is 5.92 Å². The Balaban J connectivity index is 1.47. The van der Waals surface area contributed by atoms with Crippen LogP contribution in [0.15, 0.2) is 29.8 Å². The molecule has 2 fully saturated rings. The fraction of sp³-hybridized carbons (Fsp3) is 0.450. The van der Waals surface area contributed by atoms with Gasteiger partial charge >= 0.3 is 0 Å². The minimum atomic E-state index is -0.470. The number of ketones is 1. The topological polar surface area (TPSA) is 49.4 Å². The van der Waals surface area contributed by atoms with E-state index in [0.29, 0.717) is 17.8 Å². The van der Waals surface area contributed by atoms with Gasteiger partial charge in [-0.2, -0.15) is 0 Å². The number of hydrogen-bond donors (Lipinski definition) is 1. The molecule has 4 nitrogen and oxygen atoms in total. The zero-order chi connectivity index (χ0) is 17.4. The van der Waals surface area contributed by atoms with E-state index < -0.39 is 12.0 Å². The smallest absolute Gasteiger partial charge is 0.240 e. The lowest BCUT2D eigenvalue weighted by Gasteiger charge is -2.24. The summed E-state index contributed by atoms with van der Waals surface area (Å²) in [6.07, 6.45) is 5.40. The van der Waals surface area contributed by atoms with E-state index in [9.17, 15) is 9.59 Å². The van der Waals surface area contributed by atoms with E-state index in [4.69, 9.17) is 12.2 Å². The Labute approximate surface area is 153 Å². The highest BCUT2D eigenvalue weighted by Gasteiger charge is 2.43. The van der Waals surface area contributed by atoms with Gasteiger partial charge in [0.1, 0.15) is 11.8 Å². The van der Waals surface area contributed by atoms with Crippen LogP contribution in [0.25, 0.3) is 6.08 Å². The van der Waals surface area contributed by atoms with Crippen LogP contribution in [0.3, 0.4) is 0 Å². The summed E-state index contributed by atoms with van der Waals surface area (Å²) in [7, 11) is 0. The highest BCUT2D eigenvalue weighted by Crippen LogP contribution is 2.29. The molecule has 4 rings (SSSR count). The molecular formula is C20H22N2O2S. The Morgan fingerprint density at radius 1 is 1.20 bits per heavy atom. The van der Waals surface area contributed by atoms with Crippen LogP contribution in [0, 0.1) is 5.92 Å². The quantitative estimate of drug-likeness (QED) is 0.842. The van der Waals surface area contributed by atoms with Crippen LogP contribution in [0.1, 0.15) is 30.4 Å². The molecule has 1 unspecified atom stereocenters. The molecule has 2 heterocycles. The summed E-state index contributed by atoms with van der Waals surface area (Å²) in [6.45, 7) is 2.07. The molecule has 130 valence electrons. The summed E-state index contributed by atoms with van der Waals surface area (Å²) >= 11 is 5.42. The Morgan fingerprint density at radius 2 is 1.96 bits per heavy atom. The van der Waals surface area contributed by atoms with Crippen molar-refractivity contribution in [3.05, 3.63) is 41.0 Å². The van der Waals surface area contributed by atoms with Crippen LogP contribution in [-0.2, 0) is 16.0 Å². The number of allylic oxidation sites excluding steroid dienone is 1. The zero-order valence-electron chi connectivity index (χ0n) is 14.2. The number of rotatable bonds is 4. The molecule has 25 heavy (non-hydrogen) atoms. The van der Waals surface area contributed by atoms with E-state index >= 15 is 0 Å². The van der Waals surface area contributed by atoms with Gasteiger partial charge < -0.3 is 10.2 Å². The molecule has 5 heteroatoms. The highest BCUT2D eigenvalue weighted by molar-refractivity contribution is 7.80. The average molecular weight is 354 g/mol. The minimum Gasteiger partial charge on any atom is -0.341 e. The molecule has 1 N–H and O–H groups in total. The number of hydrogen-bond acceptors (Lipinski definition) is 4. The van der Waals surface area contributed by atoms with Crippen molar-refractivity contribution in [2.75, 3.05) is 19.6 Å². The molecule has 1 aromatic rings. The predicted molar refractivity (Wildman–Crippen MR) is 101 cm³/mol. The van der Waals surface area contributed by atoms with Gasteiger partial charge in [-0.1, -0.05) is 48.1 Å². The van der Waals surface area contributed by atoms with Gasteiger partial charge in [0, 0.05) is 30.9 Å². The normalized spacial score (nSPS) is 25.2. The molecule has 2 atom stereocenters. The van der Waals surface area contributed by atoms with Gasteiger partial charge in [0.2, 0.25) is 5.91 Å². The van der Waals surface area contributed by atoms with Crippen molar-refractivity contribution in [1.82, 2.24) is 10.2 Å². The zero-order valence-corrected chi connectivity index (χ0v) is 15.0. The van der Waals surface area contributed by atoms with E-state index in [-0.39, 0.29) is 11.7 Å². The maximum absolute atomic E-state index is 13.0. The summed E-state index contributed by atoms with van der Waals surface area (Å²) in [5.74, 6) is -0.348. The van der Waals surface area contributed by atoms with Crippen LogP contribution in [0.4, 0.5) is 0 Å². The second kappa shape index (κ2) is 6.81. The SMILES string of the molecule is O=C(CC1=Cc2ccccc2C1)C1C(=S)CN[C@@H]1C(=O)N1CCCC1. The first kappa shape index (κ1) is 16.6. The first-order valence-corrected chi connectivity index (χ1v) is 9.39. The number of nitrogens with zero attached hydrogens (tertiary/aromatic N) is 1. The van der Waals surface area contributed by atoms with Crippen LogP contribution in [0.2, 0.25) is 0 Å². The van der Waals surface area contributed by atoms with E-state index in [1.807, 2.05) is 17.0 Å². The third-order valence-corrected chi connectivity index (χ3v) is 5.84. The van der Waals surface area contributed by atoms with Gasteiger partial charge in [-0.25, -0.2) is 0 Å². The van der Waals surface area contributed by atoms with Crippen LogP contribution in [0.5, 0.6) is 0 Å². The summed E-state index contributed by atoms with van der Waals surface area (Å²) < 4.78 is 0. The first-order chi connectivity index (χ1) is 12.1. The monoisotopic (exact) mass is 354 g/mol. The standard InChI is InChI=1S/C20H22N2O2S/c23-16(11-13-9-14-5-1-2-6-15(14)10-13)18-17(25)12-21-19(18)20(24)22-7-3-4-8-22/h1-2,5-6,9,18-19,21H,3-4,7-8,10-12H2/t18?,19-/m0/s1. The summed E-state index contributed by atoms with van der Waals surface area (Å²) in [5.41, 5.74) is 3.58. The van der Waals surface area contributed by atoms with E-state index in [0.717, 1.165) is 37.9 Å². The Morgan fingerprint density at radius 3 is 2.72 bits per heavy atom. The van der Waals surface area contributed by atoms with Gasteiger partial charge in [-0.3, -0.25) is 9.59 Å². The van der Waals surface area contributed by atoms with E-state index in [1.165, 1.54) is 11.1 Å². The van der Waals surface area contributed by atoms with Crippen molar-refractivity contribution in [2.45, 2.75) is 31.7 Å². The molecule has 1 aliphatic carbocycles. The third kappa shape index (κ3) is 3.18. The molecule has 0 aromatic heterocycles. The van der Waals surface area contributed by atoms with Crippen molar-refractivity contribution in [1.29, 1.82) is 0 Å². The number of carbonyl (C=O) groups excluding carboxylic acids is 2. The van der Waals surface area contributed by atoms with Gasteiger partial charge in [-0.05, 0) is 30.4 Å². The number of likely N-dealkylation sites (tertiary alicyclic amines) is 1. The van der Waals surface area contributed by atoms with Crippen molar-refractivity contribution >= 4 is 34.8 Å². The summed E-state index contributed by atoms with van der Waals surface area (Å²) in [5, 5.41) is 3.18. The van der Waals surface area contributed by atoms with Crippen molar-refractivity contribution < 1.29 is 9.59 Å². The van der Waals surface area contributed by atoms with Crippen LogP contribution >= 0.6 is 12.2 Å². The van der Waals surface area contributed by atoms with Crippen molar-refractivity contribution in [3.63, 3.8) is 0 Å². The molecular weight excluding hydrogens is 332 g/mol. The molecule has 0 spiro atoms. The second-order valence-corrected chi connectivity index (χ2v) is 7.68. The molecule has 2 saturated heterocycles. The number of Topliss-reactive ketones (excluding diaryl/α,β-unsaturated/α-hetero) is 1. The van der Waals surface area contributed by atoms with Crippen LogP contribution < -0.4 is 5.32 Å². The summed E-state index contributed by atoms with van der Waals surface area (Å²) in [4.78, 5) is 28.3. The predicted octanol–water partition coefficient (Wildman–Crippen LogP) is 2.17.